The van der Waals surface area contributed by atoms with Crippen molar-refractivity contribution >= 4 is 23.2 Å². The Morgan fingerprint density at radius 3 is 2.53 bits per heavy atom. The number of benzene rings is 2. The molecule has 0 saturated carbocycles. The van der Waals surface area contributed by atoms with Crippen LogP contribution in [0.4, 0.5) is 0 Å². The van der Waals surface area contributed by atoms with E-state index in [0.717, 1.165) is 33.2 Å². The summed E-state index contributed by atoms with van der Waals surface area (Å²) in [7, 11) is 0. The van der Waals surface area contributed by atoms with E-state index in [4.69, 9.17) is 29.0 Å². The van der Waals surface area contributed by atoms with Crippen molar-refractivity contribution in [3.05, 3.63) is 69.2 Å². The van der Waals surface area contributed by atoms with Gasteiger partial charge in [-0.2, -0.15) is 0 Å². The molecule has 0 radical (unpaired) electrons. The third kappa shape index (κ3) is 3.48. The highest BCUT2D eigenvalue weighted by molar-refractivity contribution is 6.31. The maximum Gasteiger partial charge on any atom is 0.0503 e. The minimum Gasteiger partial charge on any atom is -0.271 e. The fourth-order valence-corrected chi connectivity index (χ4v) is 2.61. The van der Waals surface area contributed by atoms with Gasteiger partial charge in [0, 0.05) is 10.0 Å². The maximum atomic E-state index is 6.19. The van der Waals surface area contributed by atoms with Crippen molar-refractivity contribution in [1.29, 1.82) is 0 Å². The molecule has 0 bridgehead atoms. The van der Waals surface area contributed by atoms with E-state index in [-0.39, 0.29) is 6.04 Å². The van der Waals surface area contributed by atoms with Crippen LogP contribution in [0.2, 0.25) is 10.0 Å². The zero-order chi connectivity index (χ0) is 13.8. The number of nitrogens with two attached hydrogens (primary N) is 1. The molecule has 0 spiro atoms. The normalized spacial score (nSPS) is 12.4. The summed E-state index contributed by atoms with van der Waals surface area (Å²) >= 11 is 12.2. The number of hydrogen-bond donors (Lipinski definition) is 2. The maximum absolute atomic E-state index is 6.19. The first kappa shape index (κ1) is 14.4. The van der Waals surface area contributed by atoms with E-state index in [1.165, 1.54) is 0 Å². The molecule has 3 N–H and O–H groups in total. The van der Waals surface area contributed by atoms with Crippen LogP contribution in [0, 0.1) is 6.92 Å². The fourth-order valence-electron chi connectivity index (χ4n) is 2.17. The Bertz CT molecular complexity index is 570. The van der Waals surface area contributed by atoms with E-state index in [2.05, 4.69) is 5.43 Å². The van der Waals surface area contributed by atoms with Crippen LogP contribution in [0.5, 0.6) is 0 Å². The molecule has 1 atom stereocenters. The lowest BCUT2D eigenvalue weighted by Crippen LogP contribution is -2.30. The topological polar surface area (TPSA) is 38.0 Å². The van der Waals surface area contributed by atoms with Gasteiger partial charge in [0.1, 0.15) is 0 Å². The molecule has 0 saturated heterocycles. The molecule has 2 aromatic carbocycles. The molecule has 2 aromatic rings. The van der Waals surface area contributed by atoms with Gasteiger partial charge in [0.25, 0.3) is 0 Å². The summed E-state index contributed by atoms with van der Waals surface area (Å²) < 4.78 is 0. The summed E-state index contributed by atoms with van der Waals surface area (Å²) in [5.74, 6) is 5.68. The van der Waals surface area contributed by atoms with E-state index >= 15 is 0 Å². The summed E-state index contributed by atoms with van der Waals surface area (Å²) in [6.45, 7) is 2.03. The minimum absolute atomic E-state index is 0.0113. The lowest BCUT2D eigenvalue weighted by Gasteiger charge is -2.19. The lowest BCUT2D eigenvalue weighted by atomic mass is 9.96. The van der Waals surface area contributed by atoms with Crippen LogP contribution in [0.3, 0.4) is 0 Å². The average Bonchev–Trinajstić information content (AvgIpc) is 2.39. The number of hydrazine groups is 1. The van der Waals surface area contributed by atoms with Gasteiger partial charge in [0.15, 0.2) is 0 Å². The van der Waals surface area contributed by atoms with Crippen molar-refractivity contribution in [1.82, 2.24) is 5.43 Å². The Hall–Kier alpha value is -1.06. The fraction of sp³-hybridized carbons (Fsp3) is 0.200. The monoisotopic (exact) mass is 294 g/mol. The summed E-state index contributed by atoms with van der Waals surface area (Å²) in [6, 6.07) is 13.6. The van der Waals surface area contributed by atoms with Crippen LogP contribution in [0.1, 0.15) is 22.7 Å². The quantitative estimate of drug-likeness (QED) is 0.659. The third-order valence-electron chi connectivity index (χ3n) is 3.19. The summed E-state index contributed by atoms with van der Waals surface area (Å²) in [5.41, 5.74) is 6.17. The van der Waals surface area contributed by atoms with Gasteiger partial charge in [-0.3, -0.25) is 11.3 Å². The first-order valence-electron chi connectivity index (χ1n) is 6.07. The largest absolute Gasteiger partial charge is 0.271 e. The van der Waals surface area contributed by atoms with Crippen LogP contribution in [-0.4, -0.2) is 0 Å². The van der Waals surface area contributed by atoms with Gasteiger partial charge in [-0.1, -0.05) is 47.5 Å². The molecule has 1 unspecified atom stereocenters. The molecule has 0 aliphatic rings. The zero-order valence-corrected chi connectivity index (χ0v) is 12.2. The van der Waals surface area contributed by atoms with Crippen LogP contribution >= 0.6 is 23.2 Å². The van der Waals surface area contributed by atoms with E-state index < -0.39 is 0 Å². The standard InChI is InChI=1S/C15H16Cl2N2/c1-10-8-12(16)6-7-13(10)15(19-18)9-11-4-2-3-5-14(11)17/h2-8,15,19H,9,18H2,1H3. The summed E-state index contributed by atoms with van der Waals surface area (Å²) in [5, 5.41) is 1.49. The Labute approximate surface area is 123 Å². The molecular formula is C15H16Cl2N2. The van der Waals surface area contributed by atoms with Crippen molar-refractivity contribution in [3.63, 3.8) is 0 Å². The van der Waals surface area contributed by atoms with Crippen molar-refractivity contribution in [3.8, 4) is 0 Å². The van der Waals surface area contributed by atoms with Gasteiger partial charge in [-0.15, -0.1) is 0 Å². The second kappa shape index (κ2) is 6.40. The van der Waals surface area contributed by atoms with Crippen molar-refractivity contribution in [2.45, 2.75) is 19.4 Å². The van der Waals surface area contributed by atoms with Crippen LogP contribution in [0.25, 0.3) is 0 Å². The zero-order valence-electron chi connectivity index (χ0n) is 10.7. The van der Waals surface area contributed by atoms with Gasteiger partial charge >= 0.3 is 0 Å². The predicted molar refractivity (Wildman–Crippen MR) is 81.4 cm³/mol. The Morgan fingerprint density at radius 2 is 1.89 bits per heavy atom. The second-order valence-electron chi connectivity index (χ2n) is 4.52. The van der Waals surface area contributed by atoms with Crippen LogP contribution < -0.4 is 11.3 Å². The molecule has 0 aromatic heterocycles. The van der Waals surface area contributed by atoms with Gasteiger partial charge in [0.2, 0.25) is 0 Å². The smallest absolute Gasteiger partial charge is 0.0503 e. The SMILES string of the molecule is Cc1cc(Cl)ccc1C(Cc1ccccc1Cl)NN. The highest BCUT2D eigenvalue weighted by Crippen LogP contribution is 2.26. The van der Waals surface area contributed by atoms with Crippen molar-refractivity contribution < 1.29 is 0 Å². The second-order valence-corrected chi connectivity index (χ2v) is 5.36. The van der Waals surface area contributed by atoms with Crippen LogP contribution in [-0.2, 0) is 6.42 Å². The van der Waals surface area contributed by atoms with E-state index in [0.29, 0.717) is 0 Å². The molecule has 0 amide bonds. The van der Waals surface area contributed by atoms with Crippen molar-refractivity contribution in [2.24, 2.45) is 5.84 Å². The first-order valence-corrected chi connectivity index (χ1v) is 6.83. The Balaban J connectivity index is 2.28. The molecule has 0 aliphatic carbocycles. The molecule has 0 aliphatic heterocycles. The number of nitrogens with one attached hydrogen (secondary N) is 1. The minimum atomic E-state index is 0.0113. The molecule has 4 heteroatoms. The van der Waals surface area contributed by atoms with Gasteiger partial charge in [-0.05, 0) is 48.2 Å². The molecule has 0 heterocycles. The lowest BCUT2D eigenvalue weighted by molar-refractivity contribution is 0.549. The third-order valence-corrected chi connectivity index (χ3v) is 3.79. The highest BCUT2D eigenvalue weighted by Gasteiger charge is 2.14. The summed E-state index contributed by atoms with van der Waals surface area (Å²) in [4.78, 5) is 0. The Morgan fingerprint density at radius 1 is 1.16 bits per heavy atom. The van der Waals surface area contributed by atoms with Crippen LogP contribution in [0.15, 0.2) is 42.5 Å². The Kier molecular flexibility index (Phi) is 4.83. The molecular weight excluding hydrogens is 279 g/mol. The molecule has 19 heavy (non-hydrogen) atoms. The predicted octanol–water partition coefficient (Wildman–Crippen LogP) is 4.05. The number of hydrogen-bond acceptors (Lipinski definition) is 2. The van der Waals surface area contributed by atoms with Gasteiger partial charge in [-0.25, -0.2) is 0 Å². The van der Waals surface area contributed by atoms with Gasteiger partial charge in [0.05, 0.1) is 6.04 Å². The van der Waals surface area contributed by atoms with E-state index in [9.17, 15) is 0 Å². The highest BCUT2D eigenvalue weighted by atomic mass is 35.5. The first-order chi connectivity index (χ1) is 9.11. The average molecular weight is 295 g/mol. The number of halogens is 2. The number of aryl methyl sites for hydroxylation is 1. The summed E-state index contributed by atoms with van der Waals surface area (Å²) in [6.07, 6.45) is 0.735. The molecule has 2 rings (SSSR count). The van der Waals surface area contributed by atoms with E-state index in [1.807, 2.05) is 49.4 Å². The molecule has 2 nitrogen and oxygen atoms in total. The van der Waals surface area contributed by atoms with Crippen molar-refractivity contribution in [2.75, 3.05) is 0 Å². The van der Waals surface area contributed by atoms with E-state index in [1.54, 1.807) is 0 Å². The van der Waals surface area contributed by atoms with Gasteiger partial charge < -0.3 is 0 Å². The number of rotatable bonds is 4. The molecule has 100 valence electrons. The molecule has 0 fully saturated rings.